The first-order valence-electron chi connectivity index (χ1n) is 6.12. The molecular weight excluding hydrogens is 248 g/mol. The molecule has 4 heteroatoms. The standard InChI is InChI=1S/C14H21ClN2O/c1-10(8-16)9-17-13(18)14(2,3)11-4-6-12(15)7-5-11/h4-7,10H,8-9,16H2,1-3H3,(H,17,18). The summed E-state index contributed by atoms with van der Waals surface area (Å²) in [6.07, 6.45) is 0. The molecule has 1 rings (SSSR count). The molecule has 0 saturated carbocycles. The van der Waals surface area contributed by atoms with Gasteiger partial charge in [-0.2, -0.15) is 0 Å². The van der Waals surface area contributed by atoms with Gasteiger partial charge in [0.2, 0.25) is 5.91 Å². The molecule has 0 spiro atoms. The zero-order valence-corrected chi connectivity index (χ0v) is 11.9. The van der Waals surface area contributed by atoms with Gasteiger partial charge in [0.1, 0.15) is 0 Å². The van der Waals surface area contributed by atoms with Crippen molar-refractivity contribution in [2.45, 2.75) is 26.2 Å². The maximum atomic E-state index is 12.2. The smallest absolute Gasteiger partial charge is 0.230 e. The highest BCUT2D eigenvalue weighted by atomic mass is 35.5. The van der Waals surface area contributed by atoms with E-state index in [2.05, 4.69) is 5.32 Å². The number of hydrogen-bond acceptors (Lipinski definition) is 2. The SMILES string of the molecule is CC(CN)CNC(=O)C(C)(C)c1ccc(Cl)cc1. The van der Waals surface area contributed by atoms with Crippen molar-refractivity contribution in [3.63, 3.8) is 0 Å². The fraction of sp³-hybridized carbons (Fsp3) is 0.500. The summed E-state index contributed by atoms with van der Waals surface area (Å²) < 4.78 is 0. The second kappa shape index (κ2) is 6.21. The average molecular weight is 269 g/mol. The first-order valence-corrected chi connectivity index (χ1v) is 6.50. The fourth-order valence-electron chi connectivity index (χ4n) is 1.57. The van der Waals surface area contributed by atoms with Gasteiger partial charge in [0, 0.05) is 11.6 Å². The Morgan fingerprint density at radius 2 is 1.94 bits per heavy atom. The molecule has 0 aliphatic heterocycles. The maximum absolute atomic E-state index is 12.2. The van der Waals surface area contributed by atoms with E-state index in [1.165, 1.54) is 0 Å². The predicted octanol–water partition coefficient (Wildman–Crippen LogP) is 2.33. The lowest BCUT2D eigenvalue weighted by Crippen LogP contribution is -2.42. The molecule has 100 valence electrons. The van der Waals surface area contributed by atoms with Crippen LogP contribution in [0.15, 0.2) is 24.3 Å². The van der Waals surface area contributed by atoms with Gasteiger partial charge in [-0.05, 0) is 44.0 Å². The topological polar surface area (TPSA) is 55.1 Å². The highest BCUT2D eigenvalue weighted by Crippen LogP contribution is 2.24. The van der Waals surface area contributed by atoms with Crippen LogP contribution >= 0.6 is 11.6 Å². The second-order valence-electron chi connectivity index (χ2n) is 5.18. The van der Waals surface area contributed by atoms with Crippen LogP contribution in [0.5, 0.6) is 0 Å². The molecular formula is C14H21ClN2O. The molecule has 0 fully saturated rings. The highest BCUT2D eigenvalue weighted by molar-refractivity contribution is 6.30. The van der Waals surface area contributed by atoms with E-state index < -0.39 is 5.41 Å². The Hall–Kier alpha value is -1.06. The average Bonchev–Trinajstić information content (AvgIpc) is 2.35. The lowest BCUT2D eigenvalue weighted by molar-refractivity contribution is -0.125. The Balaban J connectivity index is 2.73. The molecule has 0 aliphatic carbocycles. The Labute approximate surface area is 114 Å². The molecule has 0 saturated heterocycles. The lowest BCUT2D eigenvalue weighted by atomic mass is 9.83. The summed E-state index contributed by atoms with van der Waals surface area (Å²) in [5.74, 6) is 0.292. The molecule has 1 atom stereocenters. The lowest BCUT2D eigenvalue weighted by Gasteiger charge is -2.25. The second-order valence-corrected chi connectivity index (χ2v) is 5.62. The predicted molar refractivity (Wildman–Crippen MR) is 75.7 cm³/mol. The molecule has 0 radical (unpaired) electrons. The molecule has 3 N–H and O–H groups in total. The molecule has 1 aromatic rings. The Kier molecular flexibility index (Phi) is 5.17. The quantitative estimate of drug-likeness (QED) is 0.861. The van der Waals surface area contributed by atoms with Crippen molar-refractivity contribution >= 4 is 17.5 Å². The number of nitrogens with one attached hydrogen (secondary N) is 1. The largest absolute Gasteiger partial charge is 0.355 e. The van der Waals surface area contributed by atoms with Crippen LogP contribution in [0, 0.1) is 5.92 Å². The van der Waals surface area contributed by atoms with Crippen LogP contribution in [-0.2, 0) is 10.2 Å². The van der Waals surface area contributed by atoms with E-state index in [-0.39, 0.29) is 11.8 Å². The number of rotatable bonds is 5. The summed E-state index contributed by atoms with van der Waals surface area (Å²) in [6, 6.07) is 7.37. The van der Waals surface area contributed by atoms with E-state index in [4.69, 9.17) is 17.3 Å². The van der Waals surface area contributed by atoms with Crippen LogP contribution < -0.4 is 11.1 Å². The number of carbonyl (C=O) groups is 1. The zero-order chi connectivity index (χ0) is 13.8. The Morgan fingerprint density at radius 1 is 1.39 bits per heavy atom. The van der Waals surface area contributed by atoms with Crippen molar-refractivity contribution in [1.82, 2.24) is 5.32 Å². The number of nitrogens with two attached hydrogens (primary N) is 1. The van der Waals surface area contributed by atoms with Crippen molar-refractivity contribution in [3.8, 4) is 0 Å². The van der Waals surface area contributed by atoms with Crippen molar-refractivity contribution in [3.05, 3.63) is 34.9 Å². The minimum absolute atomic E-state index is 0.00474. The number of carbonyl (C=O) groups excluding carboxylic acids is 1. The van der Waals surface area contributed by atoms with Crippen LogP contribution in [0.2, 0.25) is 5.02 Å². The van der Waals surface area contributed by atoms with E-state index in [1.807, 2.05) is 32.9 Å². The zero-order valence-electron chi connectivity index (χ0n) is 11.2. The summed E-state index contributed by atoms with van der Waals surface area (Å²) in [4.78, 5) is 12.2. The maximum Gasteiger partial charge on any atom is 0.230 e. The normalized spacial score (nSPS) is 13.2. The van der Waals surface area contributed by atoms with Gasteiger partial charge < -0.3 is 11.1 Å². The molecule has 1 amide bonds. The van der Waals surface area contributed by atoms with Gasteiger partial charge >= 0.3 is 0 Å². The minimum Gasteiger partial charge on any atom is -0.355 e. The first kappa shape index (κ1) is 15.0. The third-order valence-electron chi connectivity index (χ3n) is 3.15. The van der Waals surface area contributed by atoms with E-state index in [0.717, 1.165) is 5.56 Å². The number of amides is 1. The third kappa shape index (κ3) is 3.72. The van der Waals surface area contributed by atoms with Gasteiger partial charge in [0.15, 0.2) is 0 Å². The molecule has 0 bridgehead atoms. The van der Waals surface area contributed by atoms with E-state index in [1.54, 1.807) is 12.1 Å². The van der Waals surface area contributed by atoms with E-state index in [0.29, 0.717) is 18.1 Å². The Morgan fingerprint density at radius 3 is 2.44 bits per heavy atom. The number of halogens is 1. The molecule has 0 aromatic heterocycles. The minimum atomic E-state index is -0.571. The van der Waals surface area contributed by atoms with Crippen LogP contribution in [0.1, 0.15) is 26.3 Å². The Bertz CT molecular complexity index is 401. The fourth-order valence-corrected chi connectivity index (χ4v) is 1.69. The van der Waals surface area contributed by atoms with Gasteiger partial charge in [0.05, 0.1) is 5.41 Å². The van der Waals surface area contributed by atoms with Crippen LogP contribution in [-0.4, -0.2) is 19.0 Å². The van der Waals surface area contributed by atoms with Crippen LogP contribution in [0.25, 0.3) is 0 Å². The van der Waals surface area contributed by atoms with Gasteiger partial charge in [-0.15, -0.1) is 0 Å². The van der Waals surface area contributed by atoms with Gasteiger partial charge in [-0.3, -0.25) is 4.79 Å². The van der Waals surface area contributed by atoms with Crippen molar-refractivity contribution < 1.29 is 4.79 Å². The van der Waals surface area contributed by atoms with Crippen LogP contribution in [0.3, 0.4) is 0 Å². The third-order valence-corrected chi connectivity index (χ3v) is 3.40. The first-order chi connectivity index (χ1) is 8.37. The van der Waals surface area contributed by atoms with Gasteiger partial charge in [-0.25, -0.2) is 0 Å². The summed E-state index contributed by atoms with van der Waals surface area (Å²) in [6.45, 7) is 6.99. The summed E-state index contributed by atoms with van der Waals surface area (Å²) in [5.41, 5.74) is 5.91. The van der Waals surface area contributed by atoms with Gasteiger partial charge in [0.25, 0.3) is 0 Å². The van der Waals surface area contributed by atoms with Crippen LogP contribution in [0.4, 0.5) is 0 Å². The van der Waals surface area contributed by atoms with Crippen molar-refractivity contribution in [2.75, 3.05) is 13.1 Å². The van der Waals surface area contributed by atoms with E-state index in [9.17, 15) is 4.79 Å². The number of benzene rings is 1. The van der Waals surface area contributed by atoms with E-state index >= 15 is 0 Å². The number of hydrogen-bond donors (Lipinski definition) is 2. The summed E-state index contributed by atoms with van der Waals surface area (Å²) in [5, 5.41) is 3.61. The summed E-state index contributed by atoms with van der Waals surface area (Å²) >= 11 is 5.85. The molecule has 1 aromatic carbocycles. The van der Waals surface area contributed by atoms with Crippen molar-refractivity contribution in [2.24, 2.45) is 11.7 Å². The monoisotopic (exact) mass is 268 g/mol. The van der Waals surface area contributed by atoms with Gasteiger partial charge in [-0.1, -0.05) is 30.7 Å². The van der Waals surface area contributed by atoms with Crippen molar-refractivity contribution in [1.29, 1.82) is 0 Å². The molecule has 1 unspecified atom stereocenters. The molecule has 0 aliphatic rings. The highest BCUT2D eigenvalue weighted by Gasteiger charge is 2.29. The molecule has 18 heavy (non-hydrogen) atoms. The molecule has 0 heterocycles. The summed E-state index contributed by atoms with van der Waals surface area (Å²) in [7, 11) is 0. The molecule has 3 nitrogen and oxygen atoms in total.